The van der Waals surface area contributed by atoms with E-state index in [1.165, 1.54) is 5.56 Å². The summed E-state index contributed by atoms with van der Waals surface area (Å²) in [6.45, 7) is 10.2. The van der Waals surface area contributed by atoms with Crippen LogP contribution in [0.3, 0.4) is 0 Å². The van der Waals surface area contributed by atoms with E-state index in [0.717, 1.165) is 31.1 Å². The summed E-state index contributed by atoms with van der Waals surface area (Å²) in [6.07, 6.45) is 1.51. The van der Waals surface area contributed by atoms with Gasteiger partial charge in [-0.25, -0.2) is 17.7 Å². The zero-order valence-electron chi connectivity index (χ0n) is 17.8. The van der Waals surface area contributed by atoms with Crippen molar-refractivity contribution in [2.75, 3.05) is 31.9 Å². The molecule has 2 N–H and O–H groups in total. The molecule has 29 heavy (non-hydrogen) atoms. The predicted octanol–water partition coefficient (Wildman–Crippen LogP) is 2.75. The number of ether oxygens (including phenoxy) is 1. The molecule has 1 aromatic rings. The number of benzene rings is 1. The highest BCUT2D eigenvalue weighted by atomic mass is 127. The number of piperidine rings is 1. The Kier molecular flexibility index (Phi) is 11.3. The maximum atomic E-state index is 12.0. The molecule has 0 spiro atoms. The largest absolute Gasteiger partial charge is 0.489 e. The van der Waals surface area contributed by atoms with Crippen LogP contribution in [0.2, 0.25) is 0 Å². The molecule has 0 aliphatic carbocycles. The molecule has 1 aromatic carbocycles. The molecular weight excluding hydrogens is 503 g/mol. The number of hydrogen-bond acceptors (Lipinski definition) is 4. The molecule has 1 fully saturated rings. The minimum Gasteiger partial charge on any atom is -0.489 e. The van der Waals surface area contributed by atoms with Gasteiger partial charge in [-0.2, -0.15) is 0 Å². The molecule has 0 bridgehead atoms. The highest BCUT2D eigenvalue weighted by molar-refractivity contribution is 14.0. The van der Waals surface area contributed by atoms with E-state index in [0.29, 0.717) is 19.6 Å². The highest BCUT2D eigenvalue weighted by Gasteiger charge is 2.27. The Morgan fingerprint density at radius 3 is 2.41 bits per heavy atom. The molecule has 0 aromatic heterocycles. The van der Waals surface area contributed by atoms with Crippen molar-refractivity contribution in [2.24, 2.45) is 4.99 Å². The van der Waals surface area contributed by atoms with Crippen molar-refractivity contribution >= 4 is 40.0 Å². The van der Waals surface area contributed by atoms with Crippen LogP contribution in [0.1, 0.15) is 39.2 Å². The lowest BCUT2D eigenvalue weighted by Gasteiger charge is -2.32. The van der Waals surface area contributed by atoms with Crippen LogP contribution < -0.4 is 15.4 Å². The second-order valence-electron chi connectivity index (χ2n) is 7.18. The Hall–Kier alpha value is -1.07. The fraction of sp³-hybridized carbons (Fsp3) is 0.650. The second-order valence-corrected chi connectivity index (χ2v) is 9.44. The van der Waals surface area contributed by atoms with Crippen molar-refractivity contribution < 1.29 is 13.2 Å². The van der Waals surface area contributed by atoms with Crippen LogP contribution in [-0.2, 0) is 10.0 Å². The smallest absolute Gasteiger partial charge is 0.213 e. The van der Waals surface area contributed by atoms with E-state index in [1.807, 2.05) is 45.0 Å². The predicted molar refractivity (Wildman–Crippen MR) is 130 cm³/mol. The summed E-state index contributed by atoms with van der Waals surface area (Å²) >= 11 is 0. The monoisotopic (exact) mass is 538 g/mol. The number of guanidine groups is 1. The first-order valence-electron chi connectivity index (χ1n) is 10.1. The number of hydrogen-bond donors (Lipinski definition) is 2. The first-order valence-corrected chi connectivity index (χ1v) is 11.7. The summed E-state index contributed by atoms with van der Waals surface area (Å²) in [5.74, 6) is 1.75. The summed E-state index contributed by atoms with van der Waals surface area (Å²) in [4.78, 5) is 4.64. The van der Waals surface area contributed by atoms with Crippen molar-refractivity contribution in [1.82, 2.24) is 14.9 Å². The molecule has 2 rings (SSSR count). The number of aryl methyl sites for hydroxylation is 1. The number of halogens is 1. The minimum atomic E-state index is -3.09. The van der Waals surface area contributed by atoms with Crippen LogP contribution in [0, 0.1) is 6.92 Å². The van der Waals surface area contributed by atoms with Crippen LogP contribution in [0.15, 0.2) is 29.3 Å². The summed E-state index contributed by atoms with van der Waals surface area (Å²) in [7, 11) is -3.09. The summed E-state index contributed by atoms with van der Waals surface area (Å²) in [5, 5.41) is 6.70. The zero-order valence-corrected chi connectivity index (χ0v) is 21.0. The molecule has 0 radical (unpaired) electrons. The van der Waals surface area contributed by atoms with Gasteiger partial charge in [0.15, 0.2) is 5.96 Å². The van der Waals surface area contributed by atoms with Crippen molar-refractivity contribution in [3.63, 3.8) is 0 Å². The quantitative estimate of drug-likeness (QED) is 0.302. The fourth-order valence-electron chi connectivity index (χ4n) is 3.08. The lowest BCUT2D eigenvalue weighted by atomic mass is 10.1. The number of sulfonamides is 1. The Balaban J connectivity index is 0.00000420. The van der Waals surface area contributed by atoms with Crippen molar-refractivity contribution in [3.05, 3.63) is 29.8 Å². The summed E-state index contributed by atoms with van der Waals surface area (Å²) in [6, 6.07) is 8.22. The number of nitrogens with zero attached hydrogens (tertiary/aromatic N) is 2. The SMILES string of the molecule is CCNC(=NCC(C)Oc1ccc(C)cc1)NC1CCN(S(=O)(=O)CC)CC1.I. The van der Waals surface area contributed by atoms with Gasteiger partial charge in [-0.05, 0) is 52.7 Å². The molecule has 1 unspecified atom stereocenters. The fourth-order valence-corrected chi connectivity index (χ4v) is 4.21. The third-order valence-corrected chi connectivity index (χ3v) is 6.64. The van der Waals surface area contributed by atoms with E-state index in [-0.39, 0.29) is 41.9 Å². The van der Waals surface area contributed by atoms with Crippen LogP contribution in [0.25, 0.3) is 0 Å². The Morgan fingerprint density at radius 2 is 1.86 bits per heavy atom. The van der Waals surface area contributed by atoms with Gasteiger partial charge < -0.3 is 15.4 Å². The van der Waals surface area contributed by atoms with E-state index < -0.39 is 10.0 Å². The molecule has 1 aliphatic heterocycles. The van der Waals surface area contributed by atoms with Gasteiger partial charge in [0.1, 0.15) is 11.9 Å². The van der Waals surface area contributed by atoms with E-state index >= 15 is 0 Å². The highest BCUT2D eigenvalue weighted by Crippen LogP contribution is 2.15. The van der Waals surface area contributed by atoms with Gasteiger partial charge in [-0.15, -0.1) is 24.0 Å². The number of aliphatic imine (C=N–C) groups is 1. The topological polar surface area (TPSA) is 83.0 Å². The average molecular weight is 538 g/mol. The molecule has 0 saturated carbocycles. The number of nitrogens with one attached hydrogen (secondary N) is 2. The van der Waals surface area contributed by atoms with Gasteiger partial charge in [-0.1, -0.05) is 17.7 Å². The van der Waals surface area contributed by atoms with E-state index in [1.54, 1.807) is 11.2 Å². The van der Waals surface area contributed by atoms with Gasteiger partial charge in [0, 0.05) is 25.7 Å². The molecule has 0 amide bonds. The van der Waals surface area contributed by atoms with E-state index in [4.69, 9.17) is 4.74 Å². The Bertz CT molecular complexity index is 733. The van der Waals surface area contributed by atoms with Gasteiger partial charge >= 0.3 is 0 Å². The molecule has 1 atom stereocenters. The Labute approximate surface area is 192 Å². The van der Waals surface area contributed by atoms with Crippen LogP contribution >= 0.6 is 24.0 Å². The van der Waals surface area contributed by atoms with E-state index in [2.05, 4.69) is 15.6 Å². The van der Waals surface area contributed by atoms with Crippen molar-refractivity contribution in [2.45, 2.75) is 52.7 Å². The molecule has 7 nitrogen and oxygen atoms in total. The first-order chi connectivity index (χ1) is 13.3. The lowest BCUT2D eigenvalue weighted by molar-refractivity contribution is 0.230. The molecule has 9 heteroatoms. The van der Waals surface area contributed by atoms with Crippen molar-refractivity contribution in [1.29, 1.82) is 0 Å². The van der Waals surface area contributed by atoms with Gasteiger partial charge in [0.25, 0.3) is 0 Å². The number of rotatable bonds is 8. The van der Waals surface area contributed by atoms with Gasteiger partial charge in [-0.3, -0.25) is 0 Å². The summed E-state index contributed by atoms with van der Waals surface area (Å²) in [5.41, 5.74) is 1.20. The summed E-state index contributed by atoms with van der Waals surface area (Å²) < 4.78 is 31.5. The van der Waals surface area contributed by atoms with E-state index in [9.17, 15) is 8.42 Å². The third kappa shape index (κ3) is 8.67. The maximum Gasteiger partial charge on any atom is 0.213 e. The first kappa shape index (κ1) is 26.0. The van der Waals surface area contributed by atoms with Gasteiger partial charge in [0.05, 0.1) is 12.3 Å². The van der Waals surface area contributed by atoms with Crippen LogP contribution in [-0.4, -0.2) is 62.8 Å². The molecule has 1 saturated heterocycles. The second kappa shape index (κ2) is 12.6. The molecule has 1 aliphatic rings. The third-order valence-electron chi connectivity index (χ3n) is 4.76. The maximum absolute atomic E-state index is 12.0. The normalized spacial score (nSPS) is 17.3. The minimum absolute atomic E-state index is 0. The lowest BCUT2D eigenvalue weighted by Crippen LogP contribution is -2.50. The van der Waals surface area contributed by atoms with Crippen LogP contribution in [0.5, 0.6) is 5.75 Å². The standard InChI is InChI=1S/C20H34N4O3S.HI/c1-5-21-20(22-15-17(4)27-19-9-7-16(3)8-10-19)23-18-11-13-24(14-12-18)28(25,26)6-2;/h7-10,17-18H,5-6,11-15H2,1-4H3,(H2,21,22,23);1H. The van der Waals surface area contributed by atoms with Crippen molar-refractivity contribution in [3.8, 4) is 5.75 Å². The molecule has 1 heterocycles. The van der Waals surface area contributed by atoms with Gasteiger partial charge in [0.2, 0.25) is 10.0 Å². The zero-order chi connectivity index (χ0) is 20.6. The Morgan fingerprint density at radius 1 is 1.24 bits per heavy atom. The molecular formula is C20H35IN4O3S. The molecule has 166 valence electrons. The van der Waals surface area contributed by atoms with Crippen LogP contribution in [0.4, 0.5) is 0 Å². The average Bonchev–Trinajstić information content (AvgIpc) is 2.68.